The molecule has 2 atom stereocenters. The van der Waals surface area contributed by atoms with Crippen LogP contribution in [0.15, 0.2) is 0 Å². The van der Waals surface area contributed by atoms with Crippen LogP contribution in [0.1, 0.15) is 12.8 Å². The lowest BCUT2D eigenvalue weighted by molar-refractivity contribution is -0.00383. The summed E-state index contributed by atoms with van der Waals surface area (Å²) in [7, 11) is 0. The van der Waals surface area contributed by atoms with Crippen LogP contribution in [0.4, 0.5) is 4.79 Å². The van der Waals surface area contributed by atoms with Gasteiger partial charge in [-0.1, -0.05) is 0 Å². The van der Waals surface area contributed by atoms with Gasteiger partial charge in [-0.2, -0.15) is 0 Å². The molecule has 0 saturated carbocycles. The molecule has 5 nitrogen and oxygen atoms in total. The summed E-state index contributed by atoms with van der Waals surface area (Å²) in [4.78, 5) is 12.9. The molecule has 2 rings (SSSR count). The Morgan fingerprint density at radius 3 is 3.08 bits per heavy atom. The summed E-state index contributed by atoms with van der Waals surface area (Å²) >= 11 is 0. The van der Waals surface area contributed by atoms with E-state index in [4.69, 9.17) is 15.2 Å². The molecule has 2 fully saturated rings. The normalized spacial score (nSPS) is 33.9. The lowest BCUT2D eigenvalue weighted by Crippen LogP contribution is -2.45. The van der Waals surface area contributed by atoms with E-state index in [-0.39, 0.29) is 18.4 Å². The molecular formula is C8H14N2O3. The number of ether oxygens (including phenoxy) is 2. The molecule has 1 amide bonds. The molecule has 2 aliphatic rings. The molecule has 2 N–H and O–H groups in total. The molecule has 2 heterocycles. The van der Waals surface area contributed by atoms with Crippen LogP contribution in [0.25, 0.3) is 0 Å². The molecule has 0 aromatic rings. The fraction of sp³-hybridized carbons (Fsp3) is 0.875. The Morgan fingerprint density at radius 2 is 2.46 bits per heavy atom. The van der Waals surface area contributed by atoms with Crippen molar-refractivity contribution in [3.63, 3.8) is 0 Å². The Hall–Kier alpha value is -0.810. The van der Waals surface area contributed by atoms with Crippen molar-refractivity contribution in [3.8, 4) is 0 Å². The molecule has 0 aromatic carbocycles. The predicted octanol–water partition coefficient (Wildman–Crippen LogP) is -0.0976. The first kappa shape index (κ1) is 8.77. The van der Waals surface area contributed by atoms with E-state index in [1.807, 2.05) is 0 Å². The second-order valence-electron chi connectivity index (χ2n) is 3.34. The zero-order chi connectivity index (χ0) is 9.26. The summed E-state index contributed by atoms with van der Waals surface area (Å²) in [5, 5.41) is 0. The van der Waals surface area contributed by atoms with Crippen LogP contribution in [0.3, 0.4) is 0 Å². The lowest BCUT2D eigenvalue weighted by atomic mass is 10.2. The van der Waals surface area contributed by atoms with Gasteiger partial charge < -0.3 is 15.2 Å². The third-order valence-corrected chi connectivity index (χ3v) is 2.49. The third kappa shape index (κ3) is 1.49. The lowest BCUT2D eigenvalue weighted by Gasteiger charge is -2.25. The van der Waals surface area contributed by atoms with Gasteiger partial charge in [-0.3, -0.25) is 4.90 Å². The molecule has 0 aromatic heterocycles. The number of nitrogens with two attached hydrogens (primary N) is 1. The number of carbonyl (C=O) groups excluding carboxylic acids is 1. The minimum absolute atomic E-state index is 0.00407. The fourth-order valence-corrected chi connectivity index (χ4v) is 1.79. The molecule has 13 heavy (non-hydrogen) atoms. The van der Waals surface area contributed by atoms with Gasteiger partial charge in [-0.25, -0.2) is 4.79 Å². The molecule has 2 aliphatic heterocycles. The van der Waals surface area contributed by atoms with Crippen LogP contribution in [-0.4, -0.2) is 43.0 Å². The number of rotatable bonds is 2. The zero-order valence-electron chi connectivity index (χ0n) is 7.44. The first-order valence-corrected chi connectivity index (χ1v) is 4.59. The van der Waals surface area contributed by atoms with E-state index in [0.29, 0.717) is 13.2 Å². The van der Waals surface area contributed by atoms with E-state index in [1.54, 1.807) is 4.90 Å². The Morgan fingerprint density at radius 1 is 1.62 bits per heavy atom. The first-order chi connectivity index (χ1) is 6.33. The fourth-order valence-electron chi connectivity index (χ4n) is 1.79. The second-order valence-corrected chi connectivity index (χ2v) is 3.34. The average Bonchev–Trinajstić information content (AvgIpc) is 2.72. The SMILES string of the molecule is NCC1COC(=O)N1C1CCCO1. The van der Waals surface area contributed by atoms with E-state index < -0.39 is 0 Å². The molecule has 74 valence electrons. The number of hydrogen-bond donors (Lipinski definition) is 1. The smallest absolute Gasteiger partial charge is 0.412 e. The van der Waals surface area contributed by atoms with Crippen molar-refractivity contribution in [2.24, 2.45) is 5.73 Å². The van der Waals surface area contributed by atoms with Crippen LogP contribution < -0.4 is 5.73 Å². The summed E-state index contributed by atoms with van der Waals surface area (Å²) in [6.07, 6.45) is 1.50. The minimum Gasteiger partial charge on any atom is -0.447 e. The quantitative estimate of drug-likeness (QED) is 0.654. The number of nitrogens with zero attached hydrogens (tertiary/aromatic N) is 1. The molecule has 0 spiro atoms. The standard InChI is InChI=1S/C8H14N2O3/c9-4-6-5-13-8(11)10(6)7-2-1-3-12-7/h6-7H,1-5,9H2. The second kappa shape index (κ2) is 3.51. The highest BCUT2D eigenvalue weighted by molar-refractivity contribution is 5.70. The summed E-state index contributed by atoms with van der Waals surface area (Å²) in [6, 6.07) is -0.00407. The van der Waals surface area contributed by atoms with Crippen molar-refractivity contribution in [1.82, 2.24) is 4.90 Å². The topological polar surface area (TPSA) is 64.8 Å². The Balaban J connectivity index is 2.04. The Bertz CT molecular complexity index is 204. The predicted molar refractivity (Wildman–Crippen MR) is 45.0 cm³/mol. The van der Waals surface area contributed by atoms with Crippen molar-refractivity contribution in [2.45, 2.75) is 25.1 Å². The van der Waals surface area contributed by atoms with Gasteiger partial charge in [-0.15, -0.1) is 0 Å². The number of hydrogen-bond acceptors (Lipinski definition) is 4. The largest absolute Gasteiger partial charge is 0.447 e. The molecule has 5 heteroatoms. The van der Waals surface area contributed by atoms with Gasteiger partial charge in [0.05, 0.1) is 6.04 Å². The molecular weight excluding hydrogens is 172 g/mol. The maximum absolute atomic E-state index is 11.3. The molecule has 0 aliphatic carbocycles. The molecule has 2 unspecified atom stereocenters. The first-order valence-electron chi connectivity index (χ1n) is 4.59. The monoisotopic (exact) mass is 186 g/mol. The summed E-state index contributed by atoms with van der Waals surface area (Å²) < 4.78 is 10.3. The summed E-state index contributed by atoms with van der Waals surface area (Å²) in [5.74, 6) is 0. The van der Waals surface area contributed by atoms with Crippen LogP contribution in [0.5, 0.6) is 0 Å². The summed E-state index contributed by atoms with van der Waals surface area (Å²) in [6.45, 7) is 1.56. The van der Waals surface area contributed by atoms with E-state index in [1.165, 1.54) is 0 Å². The maximum atomic E-state index is 11.3. The van der Waals surface area contributed by atoms with Gasteiger partial charge in [-0.05, 0) is 12.8 Å². The van der Waals surface area contributed by atoms with Crippen molar-refractivity contribution < 1.29 is 14.3 Å². The van der Waals surface area contributed by atoms with Crippen molar-refractivity contribution in [1.29, 1.82) is 0 Å². The Kier molecular flexibility index (Phi) is 2.37. The molecule has 2 saturated heterocycles. The van der Waals surface area contributed by atoms with E-state index in [9.17, 15) is 4.79 Å². The van der Waals surface area contributed by atoms with Gasteiger partial charge in [0.15, 0.2) is 0 Å². The number of amides is 1. The average molecular weight is 186 g/mol. The van der Waals surface area contributed by atoms with Gasteiger partial charge in [0.25, 0.3) is 0 Å². The van der Waals surface area contributed by atoms with Crippen LogP contribution >= 0.6 is 0 Å². The third-order valence-electron chi connectivity index (χ3n) is 2.49. The molecule has 0 bridgehead atoms. The highest BCUT2D eigenvalue weighted by Gasteiger charge is 2.39. The van der Waals surface area contributed by atoms with Crippen molar-refractivity contribution in [2.75, 3.05) is 19.8 Å². The zero-order valence-corrected chi connectivity index (χ0v) is 7.44. The molecule has 0 radical (unpaired) electrons. The van der Waals surface area contributed by atoms with E-state index in [2.05, 4.69) is 0 Å². The van der Waals surface area contributed by atoms with Gasteiger partial charge >= 0.3 is 6.09 Å². The number of carbonyl (C=O) groups is 1. The number of cyclic esters (lactones) is 1. The Labute approximate surface area is 76.8 Å². The maximum Gasteiger partial charge on any atom is 0.412 e. The highest BCUT2D eigenvalue weighted by Crippen LogP contribution is 2.23. The van der Waals surface area contributed by atoms with Gasteiger partial charge in [0, 0.05) is 13.2 Å². The summed E-state index contributed by atoms with van der Waals surface area (Å²) in [5.41, 5.74) is 5.52. The highest BCUT2D eigenvalue weighted by atomic mass is 16.6. The van der Waals surface area contributed by atoms with Gasteiger partial charge in [0.2, 0.25) is 0 Å². The van der Waals surface area contributed by atoms with E-state index >= 15 is 0 Å². The van der Waals surface area contributed by atoms with Crippen LogP contribution in [0, 0.1) is 0 Å². The van der Waals surface area contributed by atoms with E-state index in [0.717, 1.165) is 19.4 Å². The van der Waals surface area contributed by atoms with Gasteiger partial charge in [0.1, 0.15) is 12.8 Å². The minimum atomic E-state index is -0.289. The van der Waals surface area contributed by atoms with Crippen molar-refractivity contribution in [3.05, 3.63) is 0 Å². The van der Waals surface area contributed by atoms with Crippen LogP contribution in [0.2, 0.25) is 0 Å². The van der Waals surface area contributed by atoms with Crippen LogP contribution in [-0.2, 0) is 9.47 Å². The van der Waals surface area contributed by atoms with Crippen molar-refractivity contribution >= 4 is 6.09 Å².